The molecular weight excluding hydrogens is 684 g/mol. The van der Waals surface area contributed by atoms with Crippen molar-refractivity contribution in [2.75, 3.05) is 26.4 Å². The predicted octanol–water partition coefficient (Wildman–Crippen LogP) is 9.36. The Morgan fingerprint density at radius 3 is 1.70 bits per heavy atom. The molecule has 6 unspecified atom stereocenters. The van der Waals surface area contributed by atoms with E-state index >= 15 is 0 Å². The maximum Gasteiger partial charge on any atom is 0.306 e. The lowest BCUT2D eigenvalue weighted by atomic mass is 9.99. The van der Waals surface area contributed by atoms with Gasteiger partial charge in [-0.05, 0) is 51.4 Å². The van der Waals surface area contributed by atoms with Gasteiger partial charge in [0.25, 0.3) is 0 Å². The zero-order valence-electron chi connectivity index (χ0n) is 34.2. The average molecular weight is 765 g/mol. The molecule has 1 aliphatic heterocycles. The van der Waals surface area contributed by atoms with Gasteiger partial charge in [0.05, 0.1) is 19.8 Å². The monoisotopic (exact) mass is 765 g/mol. The Morgan fingerprint density at radius 1 is 0.611 bits per heavy atom. The number of hydrogen-bond acceptors (Lipinski definition) is 9. The highest BCUT2D eigenvalue weighted by molar-refractivity contribution is 5.69. The molecule has 4 N–H and O–H groups in total. The zero-order chi connectivity index (χ0) is 39.3. The van der Waals surface area contributed by atoms with Crippen LogP contribution in [-0.4, -0.2) is 89.6 Å². The molecule has 1 fully saturated rings. The van der Waals surface area contributed by atoms with E-state index in [1.807, 2.05) is 0 Å². The van der Waals surface area contributed by atoms with Gasteiger partial charge in [-0.15, -0.1) is 0 Å². The molecule has 0 radical (unpaired) electrons. The van der Waals surface area contributed by atoms with Crippen LogP contribution in [-0.2, 0) is 23.7 Å². The molecule has 0 aromatic heterocycles. The zero-order valence-corrected chi connectivity index (χ0v) is 34.2. The van der Waals surface area contributed by atoms with Crippen LogP contribution in [0.2, 0.25) is 0 Å². The van der Waals surface area contributed by atoms with Crippen molar-refractivity contribution < 1.29 is 44.2 Å². The van der Waals surface area contributed by atoms with Gasteiger partial charge in [0.1, 0.15) is 30.5 Å². The van der Waals surface area contributed by atoms with Gasteiger partial charge < -0.3 is 39.4 Å². The van der Waals surface area contributed by atoms with Gasteiger partial charge in [-0.1, -0.05) is 159 Å². The van der Waals surface area contributed by atoms with Crippen molar-refractivity contribution in [3.63, 3.8) is 0 Å². The summed E-state index contributed by atoms with van der Waals surface area (Å²) < 4.78 is 22.6. The van der Waals surface area contributed by atoms with Crippen LogP contribution in [0.5, 0.6) is 0 Å². The Morgan fingerprint density at radius 2 is 1.13 bits per heavy atom. The molecule has 1 heterocycles. The number of aliphatic hydroxyl groups excluding tert-OH is 4. The largest absolute Gasteiger partial charge is 0.457 e. The summed E-state index contributed by atoms with van der Waals surface area (Å²) in [4.78, 5) is 12.7. The third-order valence-electron chi connectivity index (χ3n) is 9.76. The molecule has 1 rings (SSSR count). The summed E-state index contributed by atoms with van der Waals surface area (Å²) in [6, 6.07) is 0. The van der Waals surface area contributed by atoms with E-state index in [0.29, 0.717) is 13.0 Å². The molecular formula is C45H80O9. The quantitative estimate of drug-likeness (QED) is 0.0280. The fourth-order valence-corrected chi connectivity index (χ4v) is 6.36. The molecule has 0 amide bonds. The number of esters is 1. The van der Waals surface area contributed by atoms with E-state index in [2.05, 4.69) is 62.5 Å². The van der Waals surface area contributed by atoms with Crippen LogP contribution in [0, 0.1) is 0 Å². The highest BCUT2D eigenvalue weighted by atomic mass is 16.7. The normalized spacial score (nSPS) is 21.3. The Bertz CT molecular complexity index is 963. The van der Waals surface area contributed by atoms with Crippen LogP contribution in [0.4, 0.5) is 0 Å². The van der Waals surface area contributed by atoms with E-state index in [4.69, 9.17) is 18.9 Å². The van der Waals surface area contributed by atoms with Gasteiger partial charge in [0.2, 0.25) is 0 Å². The van der Waals surface area contributed by atoms with E-state index in [1.165, 1.54) is 89.9 Å². The van der Waals surface area contributed by atoms with Crippen molar-refractivity contribution >= 4 is 5.97 Å². The maximum atomic E-state index is 12.7. The van der Waals surface area contributed by atoms with Crippen LogP contribution >= 0.6 is 0 Å². The van der Waals surface area contributed by atoms with Crippen LogP contribution in [0.15, 0.2) is 48.6 Å². The molecule has 0 aromatic rings. The summed E-state index contributed by atoms with van der Waals surface area (Å²) >= 11 is 0. The number of rotatable bonds is 36. The SMILES string of the molecule is CC/C=C\C/C=C\C/C=C\C/C=C\CCCCCCCCCCCCCCC(=O)OC(COCCCCCCCC)COC1OC(CO)C(O)C(O)C1O. The van der Waals surface area contributed by atoms with Crippen LogP contribution in [0.3, 0.4) is 0 Å². The van der Waals surface area contributed by atoms with E-state index in [0.717, 1.165) is 57.8 Å². The van der Waals surface area contributed by atoms with Gasteiger partial charge in [0, 0.05) is 13.0 Å². The van der Waals surface area contributed by atoms with Gasteiger partial charge in [0.15, 0.2) is 6.29 Å². The summed E-state index contributed by atoms with van der Waals surface area (Å²) in [6.07, 6.45) is 37.4. The Hall–Kier alpha value is -1.85. The molecule has 0 aliphatic carbocycles. The molecule has 0 saturated carbocycles. The van der Waals surface area contributed by atoms with E-state index in [9.17, 15) is 25.2 Å². The standard InChI is InChI=1S/C45H80O9/c1-3-5-7-9-11-12-13-14-15-16-17-18-19-20-21-22-23-24-25-26-27-28-29-30-32-34-41(47)53-39(37-51-35-33-31-10-8-6-4-2)38-52-45-44(50)43(49)42(48)40(36-46)54-45/h5,7,11-12,14-15,17-18,39-40,42-46,48-50H,3-4,6,8-10,13,16,19-38H2,1-2H3/b7-5-,12-11-,15-14-,18-17-. The maximum absolute atomic E-state index is 12.7. The van der Waals surface area contributed by atoms with Gasteiger partial charge in [-0.25, -0.2) is 0 Å². The van der Waals surface area contributed by atoms with E-state index in [1.54, 1.807) is 0 Å². The average Bonchev–Trinajstić information content (AvgIpc) is 3.17. The molecule has 1 aliphatic rings. The second-order valence-corrected chi connectivity index (χ2v) is 14.8. The first kappa shape index (κ1) is 50.2. The summed E-state index contributed by atoms with van der Waals surface area (Å²) in [6.45, 7) is 4.39. The molecule has 54 heavy (non-hydrogen) atoms. The second kappa shape index (κ2) is 36.8. The Balaban J connectivity index is 2.13. The minimum atomic E-state index is -1.53. The Kier molecular flexibility index (Phi) is 34.2. The lowest BCUT2D eigenvalue weighted by Gasteiger charge is -2.39. The summed E-state index contributed by atoms with van der Waals surface area (Å²) in [5, 5.41) is 39.9. The van der Waals surface area contributed by atoms with Gasteiger partial charge >= 0.3 is 5.97 Å². The first-order valence-corrected chi connectivity index (χ1v) is 21.7. The third kappa shape index (κ3) is 27.7. The molecule has 0 bridgehead atoms. The van der Waals surface area contributed by atoms with Crippen molar-refractivity contribution in [2.45, 2.75) is 205 Å². The second-order valence-electron chi connectivity index (χ2n) is 14.8. The number of hydrogen-bond donors (Lipinski definition) is 4. The molecule has 1 saturated heterocycles. The molecule has 0 aromatic carbocycles. The predicted molar refractivity (Wildman–Crippen MR) is 219 cm³/mol. The fraction of sp³-hybridized carbons (Fsp3) is 0.800. The van der Waals surface area contributed by atoms with Crippen molar-refractivity contribution in [1.82, 2.24) is 0 Å². The lowest BCUT2D eigenvalue weighted by molar-refractivity contribution is -0.305. The third-order valence-corrected chi connectivity index (χ3v) is 9.76. The highest BCUT2D eigenvalue weighted by Crippen LogP contribution is 2.22. The number of ether oxygens (including phenoxy) is 4. The summed E-state index contributed by atoms with van der Waals surface area (Å²) in [7, 11) is 0. The topological polar surface area (TPSA) is 135 Å². The summed E-state index contributed by atoms with van der Waals surface area (Å²) in [5.74, 6) is -0.320. The number of carbonyl (C=O) groups excluding carboxylic acids is 1. The van der Waals surface area contributed by atoms with Crippen molar-refractivity contribution in [1.29, 1.82) is 0 Å². The molecule has 9 heteroatoms. The smallest absolute Gasteiger partial charge is 0.306 e. The first-order valence-electron chi connectivity index (χ1n) is 21.7. The first-order chi connectivity index (χ1) is 26.4. The Labute approximate surface area is 329 Å². The van der Waals surface area contributed by atoms with Gasteiger partial charge in [-0.3, -0.25) is 4.79 Å². The van der Waals surface area contributed by atoms with E-state index < -0.39 is 43.4 Å². The minimum absolute atomic E-state index is 0.114. The van der Waals surface area contributed by atoms with Gasteiger partial charge in [-0.2, -0.15) is 0 Å². The highest BCUT2D eigenvalue weighted by Gasteiger charge is 2.44. The molecule has 0 spiro atoms. The summed E-state index contributed by atoms with van der Waals surface area (Å²) in [5.41, 5.74) is 0. The lowest BCUT2D eigenvalue weighted by Crippen LogP contribution is -2.59. The van der Waals surface area contributed by atoms with Crippen molar-refractivity contribution in [3.05, 3.63) is 48.6 Å². The van der Waals surface area contributed by atoms with Crippen LogP contribution in [0.1, 0.15) is 168 Å². The number of unbranched alkanes of at least 4 members (excludes halogenated alkanes) is 17. The van der Waals surface area contributed by atoms with Crippen molar-refractivity contribution in [3.8, 4) is 0 Å². The minimum Gasteiger partial charge on any atom is -0.457 e. The van der Waals surface area contributed by atoms with Crippen LogP contribution < -0.4 is 0 Å². The molecule has 6 atom stereocenters. The molecule has 314 valence electrons. The fourth-order valence-electron chi connectivity index (χ4n) is 6.36. The number of carbonyl (C=O) groups is 1. The molecule has 9 nitrogen and oxygen atoms in total. The number of allylic oxidation sites excluding steroid dienone is 8. The number of aliphatic hydroxyl groups is 4. The van der Waals surface area contributed by atoms with Crippen molar-refractivity contribution in [2.24, 2.45) is 0 Å². The van der Waals surface area contributed by atoms with E-state index in [-0.39, 0.29) is 19.2 Å². The van der Waals surface area contributed by atoms with Crippen LogP contribution in [0.25, 0.3) is 0 Å².